The van der Waals surface area contributed by atoms with Crippen molar-refractivity contribution in [2.75, 3.05) is 5.32 Å². The van der Waals surface area contributed by atoms with Crippen molar-refractivity contribution >= 4 is 17.4 Å². The van der Waals surface area contributed by atoms with E-state index < -0.39 is 4.92 Å². The van der Waals surface area contributed by atoms with Crippen molar-refractivity contribution in [3.05, 3.63) is 73.3 Å². The first kappa shape index (κ1) is 20.5. The van der Waals surface area contributed by atoms with Gasteiger partial charge in [0.15, 0.2) is 0 Å². The third-order valence-electron chi connectivity index (χ3n) is 5.27. The lowest BCUT2D eigenvalue weighted by atomic mass is 9.97. The molecule has 1 amide bonds. The molecule has 1 aliphatic rings. The molecule has 31 heavy (non-hydrogen) atoms. The molecule has 160 valence electrons. The molecular weight excluding hydrogens is 400 g/mol. The van der Waals surface area contributed by atoms with E-state index in [1.807, 2.05) is 0 Å². The molecule has 10 heteroatoms. The van der Waals surface area contributed by atoms with Crippen LogP contribution >= 0.6 is 0 Å². The minimum atomic E-state index is -0.459. The first-order chi connectivity index (χ1) is 14.9. The summed E-state index contributed by atoms with van der Waals surface area (Å²) in [4.78, 5) is 42.6. The summed E-state index contributed by atoms with van der Waals surface area (Å²) in [6.07, 6.45) is 4.08. The number of carbonyl (C=O) groups excluding carboxylic acids is 1. The van der Waals surface area contributed by atoms with Crippen molar-refractivity contribution in [2.24, 2.45) is 0 Å². The fourth-order valence-corrected chi connectivity index (χ4v) is 3.69. The maximum absolute atomic E-state index is 12.5. The van der Waals surface area contributed by atoms with Crippen LogP contribution in [0.1, 0.15) is 41.8 Å². The van der Waals surface area contributed by atoms with Crippen molar-refractivity contribution in [3.63, 3.8) is 0 Å². The molecule has 2 heterocycles. The van der Waals surface area contributed by atoms with Crippen LogP contribution in [0.5, 0.6) is 0 Å². The van der Waals surface area contributed by atoms with Gasteiger partial charge in [0.05, 0.1) is 16.3 Å². The molecule has 0 radical (unpaired) electrons. The molecule has 0 unspecified atom stereocenters. The molecule has 0 fully saturated rings. The summed E-state index contributed by atoms with van der Waals surface area (Å²) in [5.74, 6) is 0.467. The molecule has 0 saturated carbocycles. The zero-order valence-electron chi connectivity index (χ0n) is 17.1. The lowest BCUT2D eigenvalue weighted by molar-refractivity contribution is -0.384. The van der Waals surface area contributed by atoms with Crippen LogP contribution in [0.25, 0.3) is 5.95 Å². The highest BCUT2D eigenvalue weighted by Gasteiger charge is 2.19. The summed E-state index contributed by atoms with van der Waals surface area (Å²) in [5, 5.41) is 17.9. The van der Waals surface area contributed by atoms with Gasteiger partial charge in [0.25, 0.3) is 11.2 Å². The number of hydrogen-bond acceptors (Lipinski definition) is 6. The molecule has 10 nitrogen and oxygen atoms in total. The number of amides is 1. The first-order valence-corrected chi connectivity index (χ1v) is 10.1. The largest absolute Gasteiger partial charge is 0.310 e. The molecule has 0 bridgehead atoms. The Morgan fingerprint density at radius 1 is 1.26 bits per heavy atom. The molecule has 1 aromatic carbocycles. The van der Waals surface area contributed by atoms with E-state index in [1.54, 1.807) is 25.1 Å². The van der Waals surface area contributed by atoms with Crippen LogP contribution in [0.3, 0.4) is 0 Å². The van der Waals surface area contributed by atoms with Gasteiger partial charge in [-0.2, -0.15) is 9.78 Å². The molecule has 0 aliphatic heterocycles. The second kappa shape index (κ2) is 8.50. The van der Waals surface area contributed by atoms with Crippen molar-refractivity contribution in [1.29, 1.82) is 0 Å². The molecular formula is C21H22N6O4. The molecule has 1 aliphatic carbocycles. The van der Waals surface area contributed by atoms with Gasteiger partial charge in [0.2, 0.25) is 11.9 Å². The number of nitro benzene ring substituents is 1. The minimum Gasteiger partial charge on any atom is -0.310 e. The van der Waals surface area contributed by atoms with Crippen LogP contribution in [0, 0.1) is 17.0 Å². The van der Waals surface area contributed by atoms with Gasteiger partial charge in [-0.3, -0.25) is 24.7 Å². The fraction of sp³-hybridized carbons (Fsp3) is 0.333. The number of anilines is 1. The molecule has 4 rings (SSSR count). The second-order valence-electron chi connectivity index (χ2n) is 7.58. The van der Waals surface area contributed by atoms with Crippen molar-refractivity contribution in [3.8, 4) is 5.95 Å². The Labute approximate surface area is 177 Å². The maximum atomic E-state index is 12.5. The SMILES string of the molecule is Cc1cc(NC(=O)CCc2ccc([N+](=O)[O-])cc2)n(-c2nc3c(c(=O)[nH]2)CCCC3)n1. The number of nitrogens with zero attached hydrogens (tertiary/aromatic N) is 4. The van der Waals surface area contributed by atoms with Crippen molar-refractivity contribution < 1.29 is 9.72 Å². The third-order valence-corrected chi connectivity index (χ3v) is 5.27. The lowest BCUT2D eigenvalue weighted by Crippen LogP contribution is -2.24. The summed E-state index contributed by atoms with van der Waals surface area (Å²) in [6.45, 7) is 1.79. The first-order valence-electron chi connectivity index (χ1n) is 10.1. The van der Waals surface area contributed by atoms with E-state index in [-0.39, 0.29) is 29.5 Å². The second-order valence-corrected chi connectivity index (χ2v) is 7.58. The summed E-state index contributed by atoms with van der Waals surface area (Å²) in [5.41, 5.74) is 2.86. The third kappa shape index (κ3) is 4.52. The average Bonchev–Trinajstić information content (AvgIpc) is 3.12. The number of rotatable bonds is 6. The molecule has 3 aromatic rings. The normalized spacial score (nSPS) is 12.9. The van der Waals surface area contributed by atoms with Gasteiger partial charge >= 0.3 is 0 Å². The molecule has 2 aromatic heterocycles. The highest BCUT2D eigenvalue weighted by molar-refractivity contribution is 5.90. The van der Waals surface area contributed by atoms with E-state index >= 15 is 0 Å². The zero-order chi connectivity index (χ0) is 22.0. The van der Waals surface area contributed by atoms with Gasteiger partial charge < -0.3 is 5.32 Å². The number of aromatic amines is 1. The minimum absolute atomic E-state index is 0.0131. The van der Waals surface area contributed by atoms with Crippen LogP contribution in [-0.4, -0.2) is 30.6 Å². The summed E-state index contributed by atoms with van der Waals surface area (Å²) >= 11 is 0. The van der Waals surface area contributed by atoms with E-state index in [0.29, 0.717) is 17.9 Å². The number of nitro groups is 1. The van der Waals surface area contributed by atoms with Gasteiger partial charge in [-0.25, -0.2) is 4.98 Å². The van der Waals surface area contributed by atoms with Crippen LogP contribution in [-0.2, 0) is 24.1 Å². The van der Waals surface area contributed by atoms with E-state index in [9.17, 15) is 19.7 Å². The van der Waals surface area contributed by atoms with Crippen molar-refractivity contribution in [1.82, 2.24) is 19.7 Å². The van der Waals surface area contributed by atoms with Crippen molar-refractivity contribution in [2.45, 2.75) is 45.4 Å². The topological polar surface area (TPSA) is 136 Å². The predicted octanol–water partition coefficient (Wildman–Crippen LogP) is 2.62. The number of carbonyl (C=O) groups is 1. The number of non-ortho nitro benzene ring substituents is 1. The molecule has 0 atom stereocenters. The summed E-state index contributed by atoms with van der Waals surface area (Å²) < 4.78 is 1.44. The zero-order valence-corrected chi connectivity index (χ0v) is 17.1. The molecule has 0 spiro atoms. The summed E-state index contributed by atoms with van der Waals surface area (Å²) in [6, 6.07) is 7.83. The number of H-pyrrole nitrogens is 1. The summed E-state index contributed by atoms with van der Waals surface area (Å²) in [7, 11) is 0. The van der Waals surface area contributed by atoms with E-state index in [2.05, 4.69) is 20.4 Å². The Morgan fingerprint density at radius 2 is 2.00 bits per heavy atom. The van der Waals surface area contributed by atoms with Gasteiger partial charge in [0.1, 0.15) is 5.82 Å². The number of aromatic nitrogens is 4. The highest BCUT2D eigenvalue weighted by Crippen LogP contribution is 2.19. The van der Waals surface area contributed by atoms with E-state index in [1.165, 1.54) is 16.8 Å². The van der Waals surface area contributed by atoms with Crippen LogP contribution in [0.4, 0.5) is 11.5 Å². The molecule has 0 saturated heterocycles. The number of hydrogen-bond donors (Lipinski definition) is 2. The fourth-order valence-electron chi connectivity index (χ4n) is 3.69. The van der Waals surface area contributed by atoms with Gasteiger partial charge in [0, 0.05) is 30.2 Å². The lowest BCUT2D eigenvalue weighted by Gasteiger charge is -2.15. The highest BCUT2D eigenvalue weighted by atomic mass is 16.6. The Bertz CT molecular complexity index is 1200. The molecule has 2 N–H and O–H groups in total. The van der Waals surface area contributed by atoms with E-state index in [4.69, 9.17) is 0 Å². The van der Waals surface area contributed by atoms with Gasteiger partial charge in [-0.15, -0.1) is 0 Å². The number of benzene rings is 1. The van der Waals surface area contributed by atoms with E-state index in [0.717, 1.165) is 42.5 Å². The average molecular weight is 422 g/mol. The quantitative estimate of drug-likeness (QED) is 0.463. The Morgan fingerprint density at radius 3 is 2.74 bits per heavy atom. The number of aryl methyl sites for hydroxylation is 3. The Balaban J connectivity index is 1.49. The van der Waals surface area contributed by atoms with Crippen LogP contribution in [0.15, 0.2) is 35.1 Å². The van der Waals surface area contributed by atoms with Crippen LogP contribution in [0.2, 0.25) is 0 Å². The Kier molecular flexibility index (Phi) is 5.61. The van der Waals surface area contributed by atoms with Gasteiger partial charge in [-0.05, 0) is 44.6 Å². The standard InChI is InChI=1S/C21H22N6O4/c1-13-12-18(23-19(28)11-8-14-6-9-15(10-7-14)27(30)31)26(25-13)21-22-17-5-3-2-4-16(17)20(29)24-21/h6-7,9-10,12H,2-5,8,11H2,1H3,(H,23,28)(H,22,24,29). The van der Waals surface area contributed by atoms with Crippen LogP contribution < -0.4 is 10.9 Å². The monoisotopic (exact) mass is 422 g/mol. The maximum Gasteiger partial charge on any atom is 0.269 e. The Hall–Kier alpha value is -3.82. The smallest absolute Gasteiger partial charge is 0.269 e. The number of fused-ring (bicyclic) bond motifs is 1. The van der Waals surface area contributed by atoms with Gasteiger partial charge in [-0.1, -0.05) is 12.1 Å². The number of nitrogens with one attached hydrogen (secondary N) is 2. The predicted molar refractivity (Wildman–Crippen MR) is 113 cm³/mol.